The van der Waals surface area contributed by atoms with E-state index in [1.54, 1.807) is 0 Å². The summed E-state index contributed by atoms with van der Waals surface area (Å²) in [4.78, 5) is 13.9. The second-order valence-electron chi connectivity index (χ2n) is 8.04. The lowest BCUT2D eigenvalue weighted by Gasteiger charge is -2.37. The standard InChI is InChI=1S/C20H33NO4/c1-6-7-15(2)24-18-12-17(13-18)23-14-16-8-10-21(11-9-16)19(22)25-20(3,4)5/h6-7,16-18H,2,8-14H2,1,3-5H3/b7-6-/t17-,18-. The lowest BCUT2D eigenvalue weighted by atomic mass is 9.91. The molecular formula is C20H33NO4. The summed E-state index contributed by atoms with van der Waals surface area (Å²) in [5.41, 5.74) is -0.432. The van der Waals surface area contributed by atoms with E-state index >= 15 is 0 Å². The van der Waals surface area contributed by atoms with Gasteiger partial charge in [-0.25, -0.2) is 4.79 Å². The molecular weight excluding hydrogens is 318 g/mol. The maximum Gasteiger partial charge on any atom is 0.410 e. The van der Waals surface area contributed by atoms with Gasteiger partial charge in [-0.2, -0.15) is 0 Å². The topological polar surface area (TPSA) is 48.0 Å². The zero-order chi connectivity index (χ0) is 18.4. The van der Waals surface area contributed by atoms with Crippen molar-refractivity contribution in [2.45, 2.75) is 71.2 Å². The van der Waals surface area contributed by atoms with Crippen molar-refractivity contribution in [1.82, 2.24) is 4.90 Å². The second-order valence-corrected chi connectivity index (χ2v) is 8.04. The summed E-state index contributed by atoms with van der Waals surface area (Å²) in [6, 6.07) is 0. The average Bonchev–Trinajstić information content (AvgIpc) is 2.48. The maximum atomic E-state index is 12.1. The van der Waals surface area contributed by atoms with Gasteiger partial charge in [0.2, 0.25) is 0 Å². The van der Waals surface area contributed by atoms with Gasteiger partial charge in [0.1, 0.15) is 17.5 Å². The number of hydrogen-bond acceptors (Lipinski definition) is 4. The van der Waals surface area contributed by atoms with Crippen LogP contribution in [-0.4, -0.2) is 48.5 Å². The zero-order valence-corrected chi connectivity index (χ0v) is 16.1. The first-order valence-electron chi connectivity index (χ1n) is 9.34. The molecule has 0 unspecified atom stereocenters. The summed E-state index contributed by atoms with van der Waals surface area (Å²) < 4.78 is 17.1. The predicted molar refractivity (Wildman–Crippen MR) is 98.3 cm³/mol. The number of ether oxygens (including phenoxy) is 3. The van der Waals surface area contributed by atoms with Gasteiger partial charge in [0.25, 0.3) is 0 Å². The van der Waals surface area contributed by atoms with Crippen LogP contribution in [0.5, 0.6) is 0 Å². The molecule has 1 heterocycles. The highest BCUT2D eigenvalue weighted by molar-refractivity contribution is 5.68. The summed E-state index contributed by atoms with van der Waals surface area (Å²) in [7, 11) is 0. The van der Waals surface area contributed by atoms with E-state index in [0.29, 0.717) is 12.0 Å². The number of nitrogens with zero attached hydrogens (tertiary/aromatic N) is 1. The summed E-state index contributed by atoms with van der Waals surface area (Å²) in [6.07, 6.45) is 7.97. The molecule has 2 rings (SSSR count). The monoisotopic (exact) mass is 351 g/mol. The van der Waals surface area contributed by atoms with E-state index in [4.69, 9.17) is 14.2 Å². The Morgan fingerprint density at radius 1 is 1.20 bits per heavy atom. The van der Waals surface area contributed by atoms with Crippen LogP contribution in [0.4, 0.5) is 4.79 Å². The fourth-order valence-corrected chi connectivity index (χ4v) is 3.07. The number of carbonyl (C=O) groups is 1. The fourth-order valence-electron chi connectivity index (χ4n) is 3.07. The summed E-state index contributed by atoms with van der Waals surface area (Å²) >= 11 is 0. The van der Waals surface area contributed by atoms with Gasteiger partial charge in [-0.1, -0.05) is 12.7 Å². The molecule has 0 radical (unpaired) electrons. The van der Waals surface area contributed by atoms with Gasteiger partial charge in [0.05, 0.1) is 6.10 Å². The van der Waals surface area contributed by atoms with Gasteiger partial charge in [-0.05, 0) is 52.5 Å². The first kappa shape index (κ1) is 19.8. The Morgan fingerprint density at radius 3 is 2.40 bits per heavy atom. The van der Waals surface area contributed by atoms with Crippen molar-refractivity contribution in [2.75, 3.05) is 19.7 Å². The Kier molecular flexibility index (Phi) is 6.94. The van der Waals surface area contributed by atoms with E-state index in [1.165, 1.54) is 0 Å². The van der Waals surface area contributed by atoms with Crippen molar-refractivity contribution >= 4 is 6.09 Å². The third kappa shape index (κ3) is 6.73. The number of carbonyl (C=O) groups excluding carboxylic acids is 1. The molecule has 142 valence electrons. The van der Waals surface area contributed by atoms with Gasteiger partial charge in [-0.15, -0.1) is 0 Å². The molecule has 5 nitrogen and oxygen atoms in total. The van der Waals surface area contributed by atoms with Gasteiger partial charge in [0.15, 0.2) is 0 Å². The lowest BCUT2D eigenvalue weighted by molar-refractivity contribution is -0.0920. The van der Waals surface area contributed by atoms with Crippen LogP contribution in [-0.2, 0) is 14.2 Å². The highest BCUT2D eigenvalue weighted by atomic mass is 16.6. The van der Waals surface area contributed by atoms with Crippen molar-refractivity contribution < 1.29 is 19.0 Å². The molecule has 0 atom stereocenters. The van der Waals surface area contributed by atoms with Crippen molar-refractivity contribution in [3.63, 3.8) is 0 Å². The molecule has 2 aliphatic rings. The minimum Gasteiger partial charge on any atom is -0.491 e. The Hall–Kier alpha value is -1.49. The second kappa shape index (κ2) is 8.75. The first-order chi connectivity index (χ1) is 11.8. The molecule has 1 saturated carbocycles. The molecule has 1 aliphatic carbocycles. The molecule has 0 bridgehead atoms. The average molecular weight is 351 g/mol. The molecule has 1 saturated heterocycles. The first-order valence-corrected chi connectivity index (χ1v) is 9.34. The number of allylic oxidation sites excluding steroid dienone is 2. The van der Waals surface area contributed by atoms with Crippen LogP contribution >= 0.6 is 0 Å². The molecule has 1 amide bonds. The Labute approximate surface area is 152 Å². The minimum atomic E-state index is -0.432. The maximum absolute atomic E-state index is 12.1. The van der Waals surface area contributed by atoms with Gasteiger partial charge >= 0.3 is 6.09 Å². The smallest absolute Gasteiger partial charge is 0.410 e. The lowest BCUT2D eigenvalue weighted by Crippen LogP contribution is -2.43. The van der Waals surface area contributed by atoms with Crippen molar-refractivity contribution in [3.8, 4) is 0 Å². The molecule has 1 aliphatic heterocycles. The van der Waals surface area contributed by atoms with E-state index in [2.05, 4.69) is 6.58 Å². The largest absolute Gasteiger partial charge is 0.491 e. The highest BCUT2D eigenvalue weighted by Crippen LogP contribution is 2.29. The summed E-state index contributed by atoms with van der Waals surface area (Å²) in [5, 5.41) is 0. The van der Waals surface area contributed by atoms with E-state index in [9.17, 15) is 4.79 Å². The number of hydrogen-bond donors (Lipinski definition) is 0. The SMILES string of the molecule is C=C(/C=C\C)O[C@H]1C[C@H](OCC2CCN(C(=O)OC(C)(C)C)CC2)C1. The molecule has 0 N–H and O–H groups in total. The van der Waals surface area contributed by atoms with Gasteiger partial charge < -0.3 is 19.1 Å². The summed E-state index contributed by atoms with van der Waals surface area (Å²) in [5.74, 6) is 1.25. The van der Waals surface area contributed by atoms with Crippen LogP contribution in [0.3, 0.4) is 0 Å². The summed E-state index contributed by atoms with van der Waals surface area (Å²) in [6.45, 7) is 13.8. The van der Waals surface area contributed by atoms with Crippen LogP contribution < -0.4 is 0 Å². The van der Waals surface area contributed by atoms with Crippen LogP contribution in [0.1, 0.15) is 53.4 Å². The van der Waals surface area contributed by atoms with Crippen molar-refractivity contribution in [1.29, 1.82) is 0 Å². The molecule has 5 heteroatoms. The van der Waals surface area contributed by atoms with Crippen LogP contribution in [0.2, 0.25) is 0 Å². The van der Waals surface area contributed by atoms with E-state index < -0.39 is 5.60 Å². The van der Waals surface area contributed by atoms with Crippen molar-refractivity contribution in [3.05, 3.63) is 24.5 Å². The number of amides is 1. The van der Waals surface area contributed by atoms with Crippen LogP contribution in [0, 0.1) is 5.92 Å². The zero-order valence-electron chi connectivity index (χ0n) is 16.1. The van der Waals surface area contributed by atoms with E-state index in [1.807, 2.05) is 44.7 Å². The van der Waals surface area contributed by atoms with E-state index in [-0.39, 0.29) is 12.2 Å². The molecule has 0 aromatic rings. The quantitative estimate of drug-likeness (QED) is 0.529. The Bertz CT molecular complexity index is 480. The Morgan fingerprint density at radius 2 is 1.84 bits per heavy atom. The molecule has 0 aromatic carbocycles. The predicted octanol–water partition coefficient (Wildman–Crippen LogP) is 4.29. The minimum absolute atomic E-state index is 0.202. The van der Waals surface area contributed by atoms with Crippen molar-refractivity contribution in [2.24, 2.45) is 5.92 Å². The fraction of sp³-hybridized carbons (Fsp3) is 0.750. The van der Waals surface area contributed by atoms with Gasteiger partial charge in [0, 0.05) is 32.5 Å². The number of likely N-dealkylation sites (tertiary alicyclic amines) is 1. The molecule has 2 fully saturated rings. The molecule has 0 spiro atoms. The van der Waals surface area contributed by atoms with Gasteiger partial charge in [-0.3, -0.25) is 0 Å². The van der Waals surface area contributed by atoms with Crippen LogP contribution in [0.25, 0.3) is 0 Å². The van der Waals surface area contributed by atoms with Crippen LogP contribution in [0.15, 0.2) is 24.5 Å². The molecule has 0 aromatic heterocycles. The number of piperidine rings is 1. The third-order valence-corrected chi connectivity index (χ3v) is 4.56. The number of rotatable bonds is 6. The third-order valence-electron chi connectivity index (χ3n) is 4.56. The Balaban J connectivity index is 1.58. The molecule has 25 heavy (non-hydrogen) atoms. The normalized spacial score (nSPS) is 24.9. The van der Waals surface area contributed by atoms with E-state index in [0.717, 1.165) is 51.1 Å². The highest BCUT2D eigenvalue weighted by Gasteiger charge is 2.33.